The average molecular weight is 494 g/mol. The standard InChI is InChI=1S/C24H16F6N2O3/c25-23(26,27)22(35,24(28,29)30)15-9-11-16(12-10-15)32-19(13-14-5-2-1-3-6-14)31-20-17(21(32)34)7-4-8-18(20)33/h1-12,33,35H,13H2. The van der Waals surface area contributed by atoms with Crippen molar-refractivity contribution in [2.45, 2.75) is 24.4 Å². The van der Waals surface area contributed by atoms with Crippen LogP contribution in [0.15, 0.2) is 77.6 Å². The molecule has 0 fully saturated rings. The molecular formula is C24H16F6N2O3. The SMILES string of the molecule is O=c1c2cccc(O)c2nc(Cc2ccccc2)n1-c1ccc(C(O)(C(F)(F)F)C(F)(F)F)cc1. The first-order valence-electron chi connectivity index (χ1n) is 10.1. The zero-order valence-corrected chi connectivity index (χ0v) is 17.6. The molecule has 0 bridgehead atoms. The van der Waals surface area contributed by atoms with E-state index in [-0.39, 0.29) is 34.6 Å². The van der Waals surface area contributed by atoms with E-state index in [1.54, 1.807) is 30.3 Å². The van der Waals surface area contributed by atoms with Crippen LogP contribution in [0.2, 0.25) is 0 Å². The van der Waals surface area contributed by atoms with E-state index in [9.17, 15) is 41.4 Å². The van der Waals surface area contributed by atoms with E-state index in [1.165, 1.54) is 18.2 Å². The van der Waals surface area contributed by atoms with Gasteiger partial charge in [-0.1, -0.05) is 48.5 Å². The summed E-state index contributed by atoms with van der Waals surface area (Å²) in [6.07, 6.45) is -12.0. The summed E-state index contributed by atoms with van der Waals surface area (Å²) in [5.74, 6) is -0.179. The van der Waals surface area contributed by atoms with Crippen molar-refractivity contribution in [2.24, 2.45) is 0 Å². The van der Waals surface area contributed by atoms with Crippen molar-refractivity contribution in [1.82, 2.24) is 9.55 Å². The number of hydrogen-bond acceptors (Lipinski definition) is 4. The summed E-state index contributed by atoms with van der Waals surface area (Å²) in [4.78, 5) is 17.7. The smallest absolute Gasteiger partial charge is 0.430 e. The Hall–Kier alpha value is -3.86. The van der Waals surface area contributed by atoms with Crippen LogP contribution in [0.25, 0.3) is 16.6 Å². The fraction of sp³-hybridized carbons (Fsp3) is 0.167. The minimum Gasteiger partial charge on any atom is -0.506 e. The Bertz CT molecular complexity index is 1410. The van der Waals surface area contributed by atoms with Crippen LogP contribution >= 0.6 is 0 Å². The monoisotopic (exact) mass is 494 g/mol. The van der Waals surface area contributed by atoms with E-state index in [2.05, 4.69) is 4.98 Å². The lowest BCUT2D eigenvalue weighted by Gasteiger charge is -2.32. The van der Waals surface area contributed by atoms with Crippen LogP contribution in [0.1, 0.15) is 17.0 Å². The van der Waals surface area contributed by atoms with Gasteiger partial charge in [0.15, 0.2) is 0 Å². The zero-order chi connectivity index (χ0) is 25.6. The van der Waals surface area contributed by atoms with Crippen LogP contribution in [0.4, 0.5) is 26.3 Å². The van der Waals surface area contributed by atoms with Gasteiger partial charge in [-0.25, -0.2) is 4.98 Å². The number of hydrogen-bond donors (Lipinski definition) is 2. The lowest BCUT2D eigenvalue weighted by atomic mass is 9.92. The van der Waals surface area contributed by atoms with Gasteiger partial charge in [0.05, 0.1) is 11.1 Å². The summed E-state index contributed by atoms with van der Waals surface area (Å²) in [7, 11) is 0. The molecule has 0 aliphatic heterocycles. The molecule has 0 amide bonds. The van der Waals surface area contributed by atoms with Gasteiger partial charge in [0, 0.05) is 12.0 Å². The minimum atomic E-state index is -6.04. The Morgan fingerprint density at radius 1 is 0.800 bits per heavy atom. The summed E-state index contributed by atoms with van der Waals surface area (Å²) in [6, 6.07) is 15.5. The highest BCUT2D eigenvalue weighted by molar-refractivity contribution is 5.83. The third kappa shape index (κ3) is 4.12. The molecule has 35 heavy (non-hydrogen) atoms. The molecule has 1 aromatic heterocycles. The molecule has 5 nitrogen and oxygen atoms in total. The van der Waals surface area contributed by atoms with Crippen LogP contribution in [-0.4, -0.2) is 32.1 Å². The summed E-state index contributed by atoms with van der Waals surface area (Å²) in [6.45, 7) is 0. The van der Waals surface area contributed by atoms with E-state index in [0.717, 1.165) is 16.7 Å². The number of phenols is 1. The van der Waals surface area contributed by atoms with Crippen molar-refractivity contribution in [3.63, 3.8) is 0 Å². The number of halogens is 6. The lowest BCUT2D eigenvalue weighted by molar-refractivity contribution is -0.376. The van der Waals surface area contributed by atoms with Crippen molar-refractivity contribution in [3.05, 3.63) is 100 Å². The largest absolute Gasteiger partial charge is 0.506 e. The van der Waals surface area contributed by atoms with Crippen LogP contribution in [0.3, 0.4) is 0 Å². The number of rotatable bonds is 4. The summed E-state index contributed by atoms with van der Waals surface area (Å²) >= 11 is 0. The van der Waals surface area contributed by atoms with Gasteiger partial charge in [-0.2, -0.15) is 26.3 Å². The third-order valence-electron chi connectivity index (χ3n) is 5.52. The Morgan fingerprint density at radius 3 is 1.97 bits per heavy atom. The highest BCUT2D eigenvalue weighted by Crippen LogP contribution is 2.50. The molecule has 0 radical (unpaired) electrons. The second kappa shape index (κ2) is 8.42. The molecule has 0 unspecified atom stereocenters. The number of phenolic OH excluding ortho intramolecular Hbond substituents is 1. The molecule has 0 saturated carbocycles. The maximum Gasteiger partial charge on any atom is 0.430 e. The molecule has 11 heteroatoms. The van der Waals surface area contributed by atoms with Gasteiger partial charge in [0.1, 0.15) is 17.1 Å². The second-order valence-electron chi connectivity index (χ2n) is 7.76. The Balaban J connectivity index is 1.92. The van der Waals surface area contributed by atoms with Crippen molar-refractivity contribution < 1.29 is 36.6 Å². The zero-order valence-electron chi connectivity index (χ0n) is 17.6. The third-order valence-corrected chi connectivity index (χ3v) is 5.52. The summed E-state index contributed by atoms with van der Waals surface area (Å²) < 4.78 is 80.4. The van der Waals surface area contributed by atoms with Gasteiger partial charge in [-0.05, 0) is 29.8 Å². The predicted octanol–water partition coefficient (Wildman–Crippen LogP) is 4.99. The predicted molar refractivity (Wildman–Crippen MR) is 114 cm³/mol. The second-order valence-corrected chi connectivity index (χ2v) is 7.76. The van der Waals surface area contributed by atoms with Gasteiger partial charge in [-0.3, -0.25) is 9.36 Å². The molecule has 0 atom stereocenters. The van der Waals surface area contributed by atoms with Crippen molar-refractivity contribution in [3.8, 4) is 11.4 Å². The van der Waals surface area contributed by atoms with Gasteiger partial charge in [-0.15, -0.1) is 0 Å². The molecule has 4 rings (SSSR count). The normalized spacial score (nSPS) is 12.8. The first kappa shape index (κ1) is 24.3. The molecule has 3 aromatic carbocycles. The number of alkyl halides is 6. The van der Waals surface area contributed by atoms with E-state index in [1.807, 2.05) is 0 Å². The molecule has 0 aliphatic rings. The Morgan fingerprint density at radius 2 is 1.40 bits per heavy atom. The Kier molecular flexibility index (Phi) is 5.84. The van der Waals surface area contributed by atoms with Gasteiger partial charge in [0.2, 0.25) is 0 Å². The maximum absolute atomic E-state index is 13.3. The number of aromatic hydroxyl groups is 1. The van der Waals surface area contributed by atoms with Crippen LogP contribution in [-0.2, 0) is 12.0 Å². The summed E-state index contributed by atoms with van der Waals surface area (Å²) in [5.41, 5.74) is -6.60. The van der Waals surface area contributed by atoms with Crippen LogP contribution < -0.4 is 5.56 Å². The molecule has 0 saturated heterocycles. The fourth-order valence-electron chi connectivity index (χ4n) is 3.74. The highest BCUT2D eigenvalue weighted by atomic mass is 19.4. The number of aromatic nitrogens is 2. The van der Waals surface area contributed by atoms with Gasteiger partial charge >= 0.3 is 12.4 Å². The molecule has 1 heterocycles. The highest BCUT2D eigenvalue weighted by Gasteiger charge is 2.71. The number of aliphatic hydroxyl groups is 1. The first-order chi connectivity index (χ1) is 16.3. The molecular weight excluding hydrogens is 478 g/mol. The lowest BCUT2D eigenvalue weighted by Crippen LogP contribution is -2.53. The van der Waals surface area contributed by atoms with Crippen molar-refractivity contribution >= 4 is 10.9 Å². The van der Waals surface area contributed by atoms with E-state index < -0.39 is 29.1 Å². The van der Waals surface area contributed by atoms with Crippen molar-refractivity contribution in [2.75, 3.05) is 0 Å². The molecule has 4 aromatic rings. The van der Waals surface area contributed by atoms with Crippen LogP contribution in [0.5, 0.6) is 5.75 Å². The minimum absolute atomic E-state index is 0.000167. The quantitative estimate of drug-likeness (QED) is 0.392. The number of benzene rings is 3. The topological polar surface area (TPSA) is 75.3 Å². The van der Waals surface area contributed by atoms with Gasteiger partial charge in [0.25, 0.3) is 11.2 Å². The molecule has 0 spiro atoms. The summed E-state index contributed by atoms with van der Waals surface area (Å²) in [5, 5.41) is 19.8. The number of nitrogens with zero attached hydrogens (tertiary/aromatic N) is 2. The number of para-hydroxylation sites is 1. The molecule has 182 valence electrons. The number of fused-ring (bicyclic) bond motifs is 1. The molecule has 2 N–H and O–H groups in total. The fourth-order valence-corrected chi connectivity index (χ4v) is 3.74. The van der Waals surface area contributed by atoms with Crippen LogP contribution in [0, 0.1) is 0 Å². The van der Waals surface area contributed by atoms with E-state index in [0.29, 0.717) is 17.7 Å². The van der Waals surface area contributed by atoms with E-state index >= 15 is 0 Å². The molecule has 0 aliphatic carbocycles. The van der Waals surface area contributed by atoms with Crippen molar-refractivity contribution in [1.29, 1.82) is 0 Å². The first-order valence-corrected chi connectivity index (χ1v) is 10.1. The average Bonchev–Trinajstić information content (AvgIpc) is 2.79. The Labute approximate surface area is 193 Å². The maximum atomic E-state index is 13.3. The van der Waals surface area contributed by atoms with Gasteiger partial charge < -0.3 is 10.2 Å². The van der Waals surface area contributed by atoms with E-state index in [4.69, 9.17) is 0 Å².